The lowest BCUT2D eigenvalue weighted by Gasteiger charge is -2.30. The normalized spacial score (nSPS) is 10.9. The summed E-state index contributed by atoms with van der Waals surface area (Å²) >= 11 is 0. The number of aromatic hydroxyl groups is 1. The summed E-state index contributed by atoms with van der Waals surface area (Å²) in [4.78, 5) is 0. The minimum Gasteiger partial charge on any atom is -0.508 e. The average molecular weight is 308 g/mol. The third-order valence-corrected chi connectivity index (χ3v) is 3.70. The summed E-state index contributed by atoms with van der Waals surface area (Å²) < 4.78 is 0. The monoisotopic (exact) mass is 308 g/mol. The maximum Gasteiger partial charge on any atom is 0.115 e. The predicted octanol–water partition coefficient (Wildman–Crippen LogP) is 4.83. The van der Waals surface area contributed by atoms with Crippen molar-refractivity contribution >= 4 is 11.3 Å². The highest BCUT2D eigenvalue weighted by molar-refractivity contribution is 5.62. The number of hydrogen-bond donors (Lipinski definition) is 3. The summed E-state index contributed by atoms with van der Waals surface area (Å²) in [5.74, 6) is 0.937. The van der Waals surface area contributed by atoms with Crippen LogP contribution < -0.4 is 10.6 Å². The number of anilines is 1. The van der Waals surface area contributed by atoms with Gasteiger partial charge in [-0.25, -0.2) is 0 Å². The maximum absolute atomic E-state index is 9.32. The van der Waals surface area contributed by atoms with Crippen LogP contribution in [0.25, 0.3) is 5.57 Å². The molecule has 2 rings (SSSR count). The lowest BCUT2D eigenvalue weighted by atomic mass is 9.91. The van der Waals surface area contributed by atoms with E-state index in [-0.39, 0.29) is 11.3 Å². The van der Waals surface area contributed by atoms with E-state index in [1.807, 2.05) is 13.0 Å². The third kappa shape index (κ3) is 4.39. The van der Waals surface area contributed by atoms with Gasteiger partial charge in [0, 0.05) is 5.69 Å². The Morgan fingerprint density at radius 1 is 1.04 bits per heavy atom. The number of benzene rings is 2. The lowest BCUT2D eigenvalue weighted by molar-refractivity contribution is 0.451. The van der Waals surface area contributed by atoms with E-state index in [4.69, 9.17) is 0 Å². The van der Waals surface area contributed by atoms with E-state index < -0.39 is 0 Å². The molecule has 2 aromatic carbocycles. The molecule has 0 aliphatic rings. The summed E-state index contributed by atoms with van der Waals surface area (Å²) in [5, 5.41) is 15.9. The van der Waals surface area contributed by atoms with Gasteiger partial charge in [0.1, 0.15) is 5.75 Å². The number of rotatable bonds is 6. The van der Waals surface area contributed by atoms with Gasteiger partial charge in [0.2, 0.25) is 0 Å². The van der Waals surface area contributed by atoms with Crippen LogP contribution in [-0.4, -0.2) is 5.11 Å². The van der Waals surface area contributed by atoms with E-state index in [0.29, 0.717) is 5.82 Å². The van der Waals surface area contributed by atoms with Gasteiger partial charge in [-0.1, -0.05) is 36.9 Å². The number of allylic oxidation sites excluding steroid dienone is 1. The Hall–Kier alpha value is -2.68. The first-order chi connectivity index (χ1) is 10.8. The molecule has 0 saturated carbocycles. The minimum atomic E-state index is -0.285. The summed E-state index contributed by atoms with van der Waals surface area (Å²) in [6.07, 6.45) is 0. The Morgan fingerprint density at radius 3 is 2.30 bits per heavy atom. The maximum atomic E-state index is 9.32. The zero-order valence-corrected chi connectivity index (χ0v) is 14.0. The van der Waals surface area contributed by atoms with E-state index in [1.54, 1.807) is 24.3 Å². The van der Waals surface area contributed by atoms with Crippen LogP contribution in [0.1, 0.15) is 31.9 Å². The fraction of sp³-hybridized carbons (Fsp3) is 0.200. The van der Waals surface area contributed by atoms with Gasteiger partial charge in [-0.2, -0.15) is 0 Å². The first-order valence-electron chi connectivity index (χ1n) is 7.57. The van der Waals surface area contributed by atoms with Gasteiger partial charge in [-0.15, -0.1) is 0 Å². The largest absolute Gasteiger partial charge is 0.508 e. The van der Waals surface area contributed by atoms with Crippen LogP contribution in [0, 0.1) is 0 Å². The van der Waals surface area contributed by atoms with Crippen LogP contribution in [0.5, 0.6) is 5.75 Å². The van der Waals surface area contributed by atoms with Crippen molar-refractivity contribution in [1.29, 1.82) is 0 Å². The SMILES string of the molecule is C=C(Nc1ccc(O)cc1)NC(C)(C)c1cccc(C(=C)C)c1. The molecule has 0 amide bonds. The molecule has 120 valence electrons. The number of hydrogen-bond acceptors (Lipinski definition) is 3. The van der Waals surface area contributed by atoms with Crippen LogP contribution in [-0.2, 0) is 5.54 Å². The molecule has 0 aliphatic carbocycles. The van der Waals surface area contributed by atoms with Crippen LogP contribution in [0.2, 0.25) is 0 Å². The molecule has 3 heteroatoms. The second kappa shape index (κ2) is 6.61. The standard InChI is InChI=1S/C20H24N2O/c1-14(2)16-7-6-8-17(13-16)20(4,5)22-15(3)21-18-9-11-19(23)12-10-18/h6-13,21-23H,1,3H2,2,4-5H3. The lowest BCUT2D eigenvalue weighted by Crippen LogP contribution is -2.37. The van der Waals surface area contributed by atoms with Gasteiger partial charge in [-0.3, -0.25) is 0 Å². The number of phenols is 1. The first-order valence-corrected chi connectivity index (χ1v) is 7.57. The summed E-state index contributed by atoms with van der Waals surface area (Å²) in [6, 6.07) is 15.2. The second-order valence-electron chi connectivity index (χ2n) is 6.26. The Balaban J connectivity index is 2.10. The molecule has 0 aromatic heterocycles. The fourth-order valence-electron chi connectivity index (χ4n) is 2.37. The van der Waals surface area contributed by atoms with Gasteiger partial charge in [0.05, 0.1) is 11.4 Å². The molecule has 3 nitrogen and oxygen atoms in total. The van der Waals surface area contributed by atoms with Crippen molar-refractivity contribution in [3.63, 3.8) is 0 Å². The van der Waals surface area contributed by atoms with E-state index in [9.17, 15) is 5.11 Å². The van der Waals surface area contributed by atoms with Crippen molar-refractivity contribution in [3.8, 4) is 5.75 Å². The summed E-state index contributed by atoms with van der Waals surface area (Å²) in [5.41, 5.74) is 3.92. The molecule has 0 atom stereocenters. The molecule has 0 heterocycles. The van der Waals surface area contributed by atoms with Crippen molar-refractivity contribution in [1.82, 2.24) is 5.32 Å². The predicted molar refractivity (Wildman–Crippen MR) is 98.2 cm³/mol. The zero-order chi connectivity index (χ0) is 17.0. The Bertz CT molecular complexity index is 715. The summed E-state index contributed by atoms with van der Waals surface area (Å²) in [6.45, 7) is 14.3. The van der Waals surface area contributed by atoms with Gasteiger partial charge in [0.25, 0.3) is 0 Å². The molecule has 23 heavy (non-hydrogen) atoms. The Labute approximate surface area is 138 Å². The third-order valence-electron chi connectivity index (χ3n) is 3.70. The van der Waals surface area contributed by atoms with Crippen molar-refractivity contribution < 1.29 is 5.11 Å². The molecule has 0 spiro atoms. The van der Waals surface area contributed by atoms with Crippen molar-refractivity contribution in [2.75, 3.05) is 5.32 Å². The molecule has 0 saturated heterocycles. The van der Waals surface area contributed by atoms with Crippen LogP contribution in [0.4, 0.5) is 5.69 Å². The highest BCUT2D eigenvalue weighted by atomic mass is 16.3. The van der Waals surface area contributed by atoms with Gasteiger partial charge >= 0.3 is 0 Å². The Morgan fingerprint density at radius 2 is 1.70 bits per heavy atom. The average Bonchev–Trinajstić information content (AvgIpc) is 2.49. The van der Waals surface area contributed by atoms with Crippen LogP contribution in [0.15, 0.2) is 67.5 Å². The van der Waals surface area contributed by atoms with Crippen molar-refractivity contribution in [2.45, 2.75) is 26.3 Å². The Kier molecular flexibility index (Phi) is 4.80. The molecular weight excluding hydrogens is 284 g/mol. The first kappa shape index (κ1) is 16.7. The van der Waals surface area contributed by atoms with Crippen LogP contribution in [0.3, 0.4) is 0 Å². The van der Waals surface area contributed by atoms with Crippen molar-refractivity contribution in [3.05, 3.63) is 78.6 Å². The molecule has 0 fully saturated rings. The van der Waals surface area contributed by atoms with E-state index in [1.165, 1.54) is 0 Å². The molecule has 0 radical (unpaired) electrons. The van der Waals surface area contributed by atoms with Crippen molar-refractivity contribution in [2.24, 2.45) is 0 Å². The van der Waals surface area contributed by atoms with E-state index in [0.717, 1.165) is 22.4 Å². The summed E-state index contributed by atoms with van der Waals surface area (Å²) in [7, 11) is 0. The minimum absolute atomic E-state index is 0.242. The number of phenolic OH excluding ortho intramolecular Hbond substituents is 1. The molecule has 0 bridgehead atoms. The van der Waals surface area contributed by atoms with Crippen LogP contribution >= 0.6 is 0 Å². The molecule has 2 aromatic rings. The smallest absolute Gasteiger partial charge is 0.115 e. The number of nitrogens with one attached hydrogen (secondary N) is 2. The quantitative estimate of drug-likeness (QED) is 0.669. The van der Waals surface area contributed by atoms with Gasteiger partial charge < -0.3 is 15.7 Å². The molecular formula is C20H24N2O. The van der Waals surface area contributed by atoms with Gasteiger partial charge in [-0.05, 0) is 62.2 Å². The highest BCUT2D eigenvalue weighted by Crippen LogP contribution is 2.25. The van der Waals surface area contributed by atoms with E-state index in [2.05, 4.69) is 55.8 Å². The van der Waals surface area contributed by atoms with E-state index >= 15 is 0 Å². The molecule has 0 unspecified atom stereocenters. The topological polar surface area (TPSA) is 44.3 Å². The fourth-order valence-corrected chi connectivity index (χ4v) is 2.37. The zero-order valence-electron chi connectivity index (χ0n) is 14.0. The second-order valence-corrected chi connectivity index (χ2v) is 6.26. The highest BCUT2D eigenvalue weighted by Gasteiger charge is 2.21. The molecule has 3 N–H and O–H groups in total. The molecule has 0 aliphatic heterocycles. The van der Waals surface area contributed by atoms with Gasteiger partial charge in [0.15, 0.2) is 0 Å².